The molecule has 0 heterocycles. The minimum atomic E-state index is -0.0436. The van der Waals surface area contributed by atoms with E-state index in [1.165, 1.54) is 30.4 Å². The summed E-state index contributed by atoms with van der Waals surface area (Å²) in [6.07, 6.45) is 3.88. The normalized spacial score (nSPS) is 16.3. The van der Waals surface area contributed by atoms with Gasteiger partial charge in [-0.15, -0.1) is 0 Å². The van der Waals surface area contributed by atoms with Crippen LogP contribution in [0.1, 0.15) is 47.9 Å². The lowest BCUT2D eigenvalue weighted by Crippen LogP contribution is -2.30. The van der Waals surface area contributed by atoms with Gasteiger partial charge in [0.15, 0.2) is 0 Å². The van der Waals surface area contributed by atoms with Gasteiger partial charge < -0.3 is 4.74 Å². The van der Waals surface area contributed by atoms with Crippen molar-refractivity contribution >= 4 is 0 Å². The molecule has 3 heteroatoms. The van der Waals surface area contributed by atoms with Crippen LogP contribution in [-0.4, -0.2) is 7.11 Å². The molecular formula is C18H22N2O. The van der Waals surface area contributed by atoms with Gasteiger partial charge in [-0.05, 0) is 36.0 Å². The molecule has 0 bridgehead atoms. The molecule has 2 aromatic rings. The summed E-state index contributed by atoms with van der Waals surface area (Å²) < 4.78 is 5.49. The first-order valence-electron chi connectivity index (χ1n) is 7.53. The number of nitrogens with one attached hydrogen (secondary N) is 1. The maximum absolute atomic E-state index is 5.88. The largest absolute Gasteiger partial charge is 0.496 e. The van der Waals surface area contributed by atoms with Crippen molar-refractivity contribution in [3.05, 3.63) is 65.2 Å². The van der Waals surface area contributed by atoms with Gasteiger partial charge in [0.1, 0.15) is 5.75 Å². The molecule has 1 saturated carbocycles. The van der Waals surface area contributed by atoms with Gasteiger partial charge in [0.05, 0.1) is 13.2 Å². The van der Waals surface area contributed by atoms with Crippen LogP contribution in [-0.2, 0) is 0 Å². The number of hydrazine groups is 1. The van der Waals surface area contributed by atoms with E-state index in [2.05, 4.69) is 35.8 Å². The van der Waals surface area contributed by atoms with Crippen LogP contribution in [0.3, 0.4) is 0 Å². The van der Waals surface area contributed by atoms with Crippen molar-refractivity contribution in [2.45, 2.75) is 31.2 Å². The summed E-state index contributed by atoms with van der Waals surface area (Å²) in [7, 11) is 1.70. The van der Waals surface area contributed by atoms with E-state index in [0.29, 0.717) is 5.92 Å². The van der Waals surface area contributed by atoms with Crippen molar-refractivity contribution in [2.24, 2.45) is 5.84 Å². The highest BCUT2D eigenvalue weighted by Gasteiger charge is 2.26. The number of nitrogens with two attached hydrogens (primary N) is 1. The number of methoxy groups -OCH3 is 1. The maximum Gasteiger partial charge on any atom is 0.124 e. The Bertz CT molecular complexity index is 608. The number of para-hydroxylation sites is 1. The molecule has 0 aliphatic heterocycles. The molecule has 3 N–H and O–H groups in total. The molecule has 0 aromatic heterocycles. The van der Waals surface area contributed by atoms with E-state index in [4.69, 9.17) is 10.6 Å². The van der Waals surface area contributed by atoms with E-state index in [9.17, 15) is 0 Å². The van der Waals surface area contributed by atoms with Crippen LogP contribution < -0.4 is 16.0 Å². The minimum absolute atomic E-state index is 0.0436. The quantitative estimate of drug-likeness (QED) is 0.651. The van der Waals surface area contributed by atoms with Gasteiger partial charge in [0.25, 0.3) is 0 Å². The molecule has 2 aromatic carbocycles. The van der Waals surface area contributed by atoms with Crippen LogP contribution in [0, 0.1) is 0 Å². The Kier molecular flexibility index (Phi) is 4.23. The van der Waals surface area contributed by atoms with Crippen molar-refractivity contribution in [2.75, 3.05) is 7.11 Å². The molecule has 1 unspecified atom stereocenters. The maximum atomic E-state index is 5.88. The highest BCUT2D eigenvalue weighted by Crippen LogP contribution is 2.41. The Balaban J connectivity index is 2.04. The number of hydrogen-bond acceptors (Lipinski definition) is 3. The summed E-state index contributed by atoms with van der Waals surface area (Å²) in [5.74, 6) is 7.42. The summed E-state index contributed by atoms with van der Waals surface area (Å²) in [6.45, 7) is 0. The molecule has 0 saturated heterocycles. The van der Waals surface area contributed by atoms with Gasteiger partial charge in [-0.3, -0.25) is 5.84 Å². The minimum Gasteiger partial charge on any atom is -0.496 e. The fraction of sp³-hybridized carbons (Fsp3) is 0.333. The molecule has 1 atom stereocenters. The molecule has 3 nitrogen and oxygen atoms in total. The van der Waals surface area contributed by atoms with Crippen molar-refractivity contribution in [1.82, 2.24) is 5.43 Å². The third-order valence-electron chi connectivity index (χ3n) is 4.47. The first-order chi connectivity index (χ1) is 10.3. The summed E-state index contributed by atoms with van der Waals surface area (Å²) in [5.41, 5.74) is 6.72. The Morgan fingerprint density at radius 1 is 1.05 bits per heavy atom. The molecule has 21 heavy (non-hydrogen) atoms. The lowest BCUT2D eigenvalue weighted by molar-refractivity contribution is 0.400. The van der Waals surface area contributed by atoms with Crippen molar-refractivity contribution in [1.29, 1.82) is 0 Å². The van der Waals surface area contributed by atoms with Crippen LogP contribution in [0.2, 0.25) is 0 Å². The zero-order valence-corrected chi connectivity index (χ0v) is 12.4. The van der Waals surface area contributed by atoms with E-state index in [0.717, 1.165) is 11.3 Å². The van der Waals surface area contributed by atoms with Crippen molar-refractivity contribution in [3.8, 4) is 5.75 Å². The third-order valence-corrected chi connectivity index (χ3v) is 4.47. The topological polar surface area (TPSA) is 47.3 Å². The van der Waals surface area contributed by atoms with Gasteiger partial charge in [0.2, 0.25) is 0 Å². The second kappa shape index (κ2) is 6.29. The number of rotatable bonds is 5. The Morgan fingerprint density at radius 2 is 1.71 bits per heavy atom. The number of hydrogen-bond donors (Lipinski definition) is 2. The van der Waals surface area contributed by atoms with Gasteiger partial charge in [-0.2, -0.15) is 0 Å². The Hall–Kier alpha value is -1.84. The Labute approximate surface area is 126 Å². The molecule has 1 aliphatic rings. The summed E-state index contributed by atoms with van der Waals surface area (Å²) in [4.78, 5) is 0. The van der Waals surface area contributed by atoms with E-state index in [-0.39, 0.29) is 6.04 Å². The van der Waals surface area contributed by atoms with E-state index < -0.39 is 0 Å². The highest BCUT2D eigenvalue weighted by molar-refractivity contribution is 5.45. The van der Waals surface area contributed by atoms with Gasteiger partial charge >= 0.3 is 0 Å². The van der Waals surface area contributed by atoms with Crippen LogP contribution in [0.15, 0.2) is 48.5 Å². The second-order valence-corrected chi connectivity index (χ2v) is 5.60. The SMILES string of the molecule is COc1ccccc1C(NN)c1ccccc1C1CCC1. The van der Waals surface area contributed by atoms with E-state index >= 15 is 0 Å². The summed E-state index contributed by atoms with van der Waals surface area (Å²) in [6, 6.07) is 16.6. The van der Waals surface area contributed by atoms with Gasteiger partial charge in [0, 0.05) is 5.56 Å². The Morgan fingerprint density at radius 3 is 2.33 bits per heavy atom. The molecule has 0 spiro atoms. The molecule has 110 valence electrons. The first-order valence-corrected chi connectivity index (χ1v) is 7.53. The fourth-order valence-electron chi connectivity index (χ4n) is 3.12. The summed E-state index contributed by atoms with van der Waals surface area (Å²) in [5, 5.41) is 0. The van der Waals surface area contributed by atoms with Crippen molar-refractivity contribution < 1.29 is 4.74 Å². The average Bonchev–Trinajstić information content (AvgIpc) is 2.48. The van der Waals surface area contributed by atoms with Gasteiger partial charge in [-0.25, -0.2) is 5.43 Å². The molecule has 1 aliphatic carbocycles. The predicted molar refractivity (Wildman–Crippen MR) is 85.2 cm³/mol. The van der Waals surface area contributed by atoms with Crippen molar-refractivity contribution in [3.63, 3.8) is 0 Å². The highest BCUT2D eigenvalue weighted by atomic mass is 16.5. The molecule has 0 amide bonds. The number of ether oxygens (including phenoxy) is 1. The lowest BCUT2D eigenvalue weighted by Gasteiger charge is -2.30. The zero-order chi connectivity index (χ0) is 14.7. The molecular weight excluding hydrogens is 260 g/mol. The molecule has 1 fully saturated rings. The molecule has 0 radical (unpaired) electrons. The van der Waals surface area contributed by atoms with Crippen LogP contribution in [0.5, 0.6) is 5.75 Å². The van der Waals surface area contributed by atoms with Crippen LogP contribution in [0.25, 0.3) is 0 Å². The number of benzene rings is 2. The van der Waals surface area contributed by atoms with Crippen LogP contribution in [0.4, 0.5) is 0 Å². The zero-order valence-electron chi connectivity index (χ0n) is 12.4. The monoisotopic (exact) mass is 282 g/mol. The van der Waals surface area contributed by atoms with Crippen LogP contribution >= 0.6 is 0 Å². The average molecular weight is 282 g/mol. The smallest absolute Gasteiger partial charge is 0.124 e. The van der Waals surface area contributed by atoms with E-state index in [1.807, 2.05) is 18.2 Å². The fourth-order valence-corrected chi connectivity index (χ4v) is 3.12. The lowest BCUT2D eigenvalue weighted by atomic mass is 9.76. The van der Waals surface area contributed by atoms with E-state index in [1.54, 1.807) is 7.11 Å². The first kappa shape index (κ1) is 14.1. The third kappa shape index (κ3) is 2.67. The molecule has 3 rings (SSSR count). The van der Waals surface area contributed by atoms with Gasteiger partial charge in [-0.1, -0.05) is 48.9 Å². The summed E-state index contributed by atoms with van der Waals surface area (Å²) >= 11 is 0. The second-order valence-electron chi connectivity index (χ2n) is 5.60. The predicted octanol–water partition coefficient (Wildman–Crippen LogP) is 3.52. The standard InChI is InChI=1S/C18H22N2O/c1-21-17-12-5-4-11-16(17)18(20-19)15-10-3-2-9-14(15)13-7-6-8-13/h2-5,9-13,18,20H,6-8,19H2,1H3.